The molecule has 1 rings (SSSR count). The third-order valence-corrected chi connectivity index (χ3v) is 2.86. The van der Waals surface area contributed by atoms with Crippen LogP contribution >= 0.6 is 0 Å². The molecule has 1 saturated heterocycles. The summed E-state index contributed by atoms with van der Waals surface area (Å²) in [5, 5.41) is 3.02. The van der Waals surface area contributed by atoms with Crippen LogP contribution in [0.15, 0.2) is 12.7 Å². The molecule has 0 aromatic rings. The Kier molecular flexibility index (Phi) is 6.11. The molecule has 92 valence electrons. The average molecular weight is 226 g/mol. The molecule has 0 saturated carbocycles. The predicted molar refractivity (Wildman–Crippen MR) is 64.2 cm³/mol. The summed E-state index contributed by atoms with van der Waals surface area (Å²) >= 11 is 0. The van der Waals surface area contributed by atoms with Gasteiger partial charge >= 0.3 is 0 Å². The minimum absolute atomic E-state index is 0.147. The molecule has 4 heteroatoms. The molecule has 0 bridgehead atoms. The number of ether oxygens (including phenoxy) is 1. The normalized spacial score (nSPS) is 17.1. The molecule has 0 radical (unpaired) electrons. The fourth-order valence-electron chi connectivity index (χ4n) is 1.83. The molecule has 1 aliphatic heterocycles. The zero-order valence-corrected chi connectivity index (χ0v) is 10.1. The van der Waals surface area contributed by atoms with Crippen LogP contribution < -0.4 is 5.32 Å². The molecule has 0 spiro atoms. The highest BCUT2D eigenvalue weighted by Gasteiger charge is 2.17. The van der Waals surface area contributed by atoms with Gasteiger partial charge in [-0.1, -0.05) is 6.08 Å². The molecule has 1 fully saturated rings. The maximum absolute atomic E-state index is 11.7. The summed E-state index contributed by atoms with van der Waals surface area (Å²) in [6, 6.07) is 0. The van der Waals surface area contributed by atoms with Crippen LogP contribution in [0.3, 0.4) is 0 Å². The second-order valence-corrected chi connectivity index (χ2v) is 4.25. The van der Waals surface area contributed by atoms with E-state index in [1.54, 1.807) is 6.08 Å². The summed E-state index contributed by atoms with van der Waals surface area (Å²) in [5.74, 6) is 0.746. The number of nitrogens with one attached hydrogen (secondary N) is 1. The van der Waals surface area contributed by atoms with Crippen LogP contribution in [-0.4, -0.2) is 50.7 Å². The van der Waals surface area contributed by atoms with Gasteiger partial charge in [0.05, 0.1) is 6.54 Å². The van der Waals surface area contributed by atoms with E-state index < -0.39 is 0 Å². The standard InChI is InChI=1S/C12H22N2O2/c1-3-6-13-9-12(15)14(2)10-11-4-7-16-8-5-11/h3,11,13H,1,4-10H2,2H3. The van der Waals surface area contributed by atoms with Crippen LogP contribution in [0.2, 0.25) is 0 Å². The number of rotatable bonds is 6. The highest BCUT2D eigenvalue weighted by Crippen LogP contribution is 2.15. The number of likely N-dealkylation sites (N-methyl/N-ethyl adjacent to an activating group) is 1. The summed E-state index contributed by atoms with van der Waals surface area (Å²) in [4.78, 5) is 13.5. The van der Waals surface area contributed by atoms with E-state index in [4.69, 9.17) is 4.74 Å². The summed E-state index contributed by atoms with van der Waals surface area (Å²) in [6.45, 7) is 7.18. The Hall–Kier alpha value is -0.870. The summed E-state index contributed by atoms with van der Waals surface area (Å²) in [7, 11) is 1.87. The lowest BCUT2D eigenvalue weighted by atomic mass is 10.00. The molecule has 0 unspecified atom stereocenters. The van der Waals surface area contributed by atoms with Gasteiger partial charge < -0.3 is 15.0 Å². The zero-order valence-electron chi connectivity index (χ0n) is 10.1. The van der Waals surface area contributed by atoms with E-state index in [1.807, 2.05) is 11.9 Å². The number of nitrogens with zero attached hydrogens (tertiary/aromatic N) is 1. The summed E-state index contributed by atoms with van der Waals surface area (Å²) < 4.78 is 5.29. The molecule has 1 N–H and O–H groups in total. The first-order valence-corrected chi connectivity index (χ1v) is 5.87. The first-order valence-electron chi connectivity index (χ1n) is 5.87. The van der Waals surface area contributed by atoms with Crippen molar-refractivity contribution in [1.29, 1.82) is 0 Å². The molecule has 0 atom stereocenters. The van der Waals surface area contributed by atoms with Crippen molar-refractivity contribution in [3.8, 4) is 0 Å². The summed E-state index contributed by atoms with van der Waals surface area (Å²) in [6.07, 6.45) is 3.89. The van der Waals surface area contributed by atoms with Crippen molar-refractivity contribution >= 4 is 5.91 Å². The molecule has 16 heavy (non-hydrogen) atoms. The molecule has 4 nitrogen and oxygen atoms in total. The maximum atomic E-state index is 11.7. The van der Waals surface area contributed by atoms with Crippen molar-refractivity contribution < 1.29 is 9.53 Å². The SMILES string of the molecule is C=CCNCC(=O)N(C)CC1CCOCC1. The minimum atomic E-state index is 0.147. The van der Waals surface area contributed by atoms with Crippen molar-refractivity contribution in [2.45, 2.75) is 12.8 Å². The van der Waals surface area contributed by atoms with Gasteiger partial charge in [0.15, 0.2) is 0 Å². The van der Waals surface area contributed by atoms with Gasteiger partial charge in [0.1, 0.15) is 0 Å². The van der Waals surface area contributed by atoms with Crippen LogP contribution in [0.1, 0.15) is 12.8 Å². The van der Waals surface area contributed by atoms with Crippen molar-refractivity contribution in [1.82, 2.24) is 10.2 Å². The molecule has 1 amide bonds. The van der Waals surface area contributed by atoms with Crippen LogP contribution in [0.5, 0.6) is 0 Å². The van der Waals surface area contributed by atoms with Gasteiger partial charge in [-0.2, -0.15) is 0 Å². The highest BCUT2D eigenvalue weighted by molar-refractivity contribution is 5.77. The molecule has 1 aliphatic rings. The number of amides is 1. The predicted octanol–water partition coefficient (Wildman–Crippen LogP) is 0.647. The lowest BCUT2D eigenvalue weighted by Gasteiger charge is -2.27. The Morgan fingerprint density at radius 1 is 1.56 bits per heavy atom. The van der Waals surface area contributed by atoms with E-state index in [0.29, 0.717) is 19.0 Å². The Balaban J connectivity index is 2.19. The second-order valence-electron chi connectivity index (χ2n) is 4.25. The van der Waals surface area contributed by atoms with Gasteiger partial charge in [-0.25, -0.2) is 0 Å². The molecular formula is C12H22N2O2. The third kappa shape index (κ3) is 4.77. The number of carbonyl (C=O) groups excluding carboxylic acids is 1. The second kappa shape index (κ2) is 7.41. The third-order valence-electron chi connectivity index (χ3n) is 2.86. The Bertz CT molecular complexity index is 225. The number of hydrogen-bond acceptors (Lipinski definition) is 3. The fraction of sp³-hybridized carbons (Fsp3) is 0.750. The number of carbonyl (C=O) groups is 1. The Morgan fingerprint density at radius 3 is 2.88 bits per heavy atom. The lowest BCUT2D eigenvalue weighted by molar-refractivity contribution is -0.129. The van der Waals surface area contributed by atoms with E-state index >= 15 is 0 Å². The van der Waals surface area contributed by atoms with Crippen LogP contribution in [0.4, 0.5) is 0 Å². The Morgan fingerprint density at radius 2 is 2.25 bits per heavy atom. The summed E-state index contributed by atoms with van der Waals surface area (Å²) in [5.41, 5.74) is 0. The van der Waals surface area contributed by atoms with Crippen molar-refractivity contribution in [3.05, 3.63) is 12.7 Å². The van der Waals surface area contributed by atoms with Crippen molar-refractivity contribution in [3.63, 3.8) is 0 Å². The first kappa shape index (κ1) is 13.2. The fourth-order valence-corrected chi connectivity index (χ4v) is 1.83. The monoisotopic (exact) mass is 226 g/mol. The maximum Gasteiger partial charge on any atom is 0.236 e. The largest absolute Gasteiger partial charge is 0.381 e. The number of hydrogen-bond donors (Lipinski definition) is 1. The molecule has 1 heterocycles. The van der Waals surface area contributed by atoms with Gasteiger partial charge in [-0.05, 0) is 18.8 Å². The lowest BCUT2D eigenvalue weighted by Crippen LogP contribution is -2.39. The van der Waals surface area contributed by atoms with Crippen LogP contribution in [-0.2, 0) is 9.53 Å². The quantitative estimate of drug-likeness (QED) is 0.534. The van der Waals surface area contributed by atoms with Crippen molar-refractivity contribution in [2.24, 2.45) is 5.92 Å². The molecule has 0 aromatic carbocycles. The van der Waals surface area contributed by atoms with E-state index in [-0.39, 0.29) is 5.91 Å². The van der Waals surface area contributed by atoms with E-state index in [9.17, 15) is 4.79 Å². The zero-order chi connectivity index (χ0) is 11.8. The highest BCUT2D eigenvalue weighted by atomic mass is 16.5. The van der Waals surface area contributed by atoms with Gasteiger partial charge in [-0.15, -0.1) is 6.58 Å². The van der Waals surface area contributed by atoms with Gasteiger partial charge in [0.25, 0.3) is 0 Å². The first-order chi connectivity index (χ1) is 7.74. The minimum Gasteiger partial charge on any atom is -0.381 e. The average Bonchev–Trinajstić information content (AvgIpc) is 2.30. The van der Waals surface area contributed by atoms with Crippen molar-refractivity contribution in [2.75, 3.05) is 39.9 Å². The van der Waals surface area contributed by atoms with Gasteiger partial charge in [0.2, 0.25) is 5.91 Å². The topological polar surface area (TPSA) is 41.6 Å². The van der Waals surface area contributed by atoms with E-state index in [1.165, 1.54) is 0 Å². The van der Waals surface area contributed by atoms with Gasteiger partial charge in [0, 0.05) is 33.4 Å². The van der Waals surface area contributed by atoms with E-state index in [2.05, 4.69) is 11.9 Å². The van der Waals surface area contributed by atoms with Crippen LogP contribution in [0.25, 0.3) is 0 Å². The Labute approximate surface area is 97.6 Å². The van der Waals surface area contributed by atoms with E-state index in [0.717, 1.165) is 32.6 Å². The molecule has 0 aromatic heterocycles. The van der Waals surface area contributed by atoms with Gasteiger partial charge in [-0.3, -0.25) is 4.79 Å². The smallest absolute Gasteiger partial charge is 0.236 e. The van der Waals surface area contributed by atoms with Crippen LogP contribution in [0, 0.1) is 5.92 Å². The molecular weight excluding hydrogens is 204 g/mol. The molecule has 0 aliphatic carbocycles.